The van der Waals surface area contributed by atoms with Gasteiger partial charge in [-0.1, -0.05) is 13.8 Å². The number of likely N-dealkylation sites (N-methyl/N-ethyl adjacent to an activating group) is 1. The summed E-state index contributed by atoms with van der Waals surface area (Å²) in [6.45, 7) is 9.59. The van der Waals surface area contributed by atoms with Crippen LogP contribution in [-0.4, -0.2) is 69.6 Å². The minimum atomic E-state index is -0.456. The van der Waals surface area contributed by atoms with Crippen LogP contribution in [0.3, 0.4) is 0 Å². The predicted octanol–water partition coefficient (Wildman–Crippen LogP) is 3.44. The number of aromatic nitrogens is 2. The standard InChI is InChI=1S/C27H32N4O4/c1-4-30(5-2)21-12-13-31(16-21)26(33)17-35-22-9-6-19(7-10-22)23-15-24(29-27(34)28-23)20-8-11-25(32)18(3)14-20/h6-11,14-15,21,32H,4-5,12-13,16-17H2,1-3H3,(H,28,29,34). The molecule has 0 bridgehead atoms. The molecule has 35 heavy (non-hydrogen) atoms. The van der Waals surface area contributed by atoms with Gasteiger partial charge in [-0.2, -0.15) is 4.98 Å². The van der Waals surface area contributed by atoms with E-state index >= 15 is 0 Å². The minimum absolute atomic E-state index is 0.000752. The van der Waals surface area contributed by atoms with Crippen molar-refractivity contribution in [1.82, 2.24) is 19.8 Å². The number of nitrogens with one attached hydrogen (secondary N) is 1. The summed E-state index contributed by atoms with van der Waals surface area (Å²) < 4.78 is 5.75. The number of hydrogen-bond donors (Lipinski definition) is 2. The van der Waals surface area contributed by atoms with Gasteiger partial charge in [0, 0.05) is 24.7 Å². The molecule has 0 radical (unpaired) electrons. The van der Waals surface area contributed by atoms with E-state index in [4.69, 9.17) is 4.74 Å². The Bertz CT molecular complexity index is 1230. The van der Waals surface area contributed by atoms with E-state index in [0.717, 1.165) is 43.7 Å². The number of H-pyrrole nitrogens is 1. The molecule has 1 aliphatic heterocycles. The quantitative estimate of drug-likeness (QED) is 0.517. The van der Waals surface area contributed by atoms with Gasteiger partial charge in [-0.3, -0.25) is 9.69 Å². The lowest BCUT2D eigenvalue weighted by Gasteiger charge is -2.26. The first-order valence-corrected chi connectivity index (χ1v) is 12.0. The lowest BCUT2D eigenvalue weighted by atomic mass is 10.1. The third-order valence-corrected chi connectivity index (χ3v) is 6.61. The van der Waals surface area contributed by atoms with Crippen molar-refractivity contribution in [2.24, 2.45) is 0 Å². The Morgan fingerprint density at radius 1 is 1.14 bits per heavy atom. The van der Waals surface area contributed by atoms with Gasteiger partial charge in [0.2, 0.25) is 0 Å². The number of phenols is 1. The van der Waals surface area contributed by atoms with Crippen LogP contribution >= 0.6 is 0 Å². The Hall–Kier alpha value is -3.65. The maximum absolute atomic E-state index is 12.6. The van der Waals surface area contributed by atoms with Crippen LogP contribution in [-0.2, 0) is 4.79 Å². The molecule has 2 aromatic carbocycles. The second-order valence-electron chi connectivity index (χ2n) is 8.80. The van der Waals surface area contributed by atoms with Crippen molar-refractivity contribution >= 4 is 5.91 Å². The number of ether oxygens (including phenoxy) is 1. The molecule has 1 fully saturated rings. The molecule has 0 aliphatic carbocycles. The first-order chi connectivity index (χ1) is 16.9. The van der Waals surface area contributed by atoms with Crippen molar-refractivity contribution in [3.05, 3.63) is 64.6 Å². The van der Waals surface area contributed by atoms with E-state index in [1.165, 1.54) is 0 Å². The first-order valence-electron chi connectivity index (χ1n) is 12.0. The van der Waals surface area contributed by atoms with Gasteiger partial charge in [0.05, 0.1) is 11.4 Å². The number of rotatable bonds is 8. The Kier molecular flexibility index (Phi) is 7.51. The molecule has 1 aromatic heterocycles. The van der Waals surface area contributed by atoms with Crippen molar-refractivity contribution in [2.45, 2.75) is 33.2 Å². The van der Waals surface area contributed by atoms with Gasteiger partial charge in [0.1, 0.15) is 11.5 Å². The molecule has 1 saturated heterocycles. The predicted molar refractivity (Wildman–Crippen MR) is 136 cm³/mol. The zero-order valence-electron chi connectivity index (χ0n) is 20.5. The Morgan fingerprint density at radius 2 is 1.86 bits per heavy atom. The van der Waals surface area contributed by atoms with Crippen LogP contribution in [0.5, 0.6) is 11.5 Å². The SMILES string of the molecule is CCN(CC)C1CCN(C(=O)COc2ccc(-c3cc(-c4ccc(O)c(C)c4)nc(=O)[nH]3)cc2)C1. The number of nitrogens with zero attached hydrogens (tertiary/aromatic N) is 3. The van der Waals surface area contributed by atoms with Gasteiger partial charge < -0.3 is 19.7 Å². The van der Waals surface area contributed by atoms with Crippen LogP contribution in [0.25, 0.3) is 22.5 Å². The van der Waals surface area contributed by atoms with Crippen molar-refractivity contribution < 1.29 is 14.6 Å². The molecule has 3 aromatic rings. The maximum Gasteiger partial charge on any atom is 0.345 e. The highest BCUT2D eigenvalue weighted by Gasteiger charge is 2.29. The summed E-state index contributed by atoms with van der Waals surface area (Å²) >= 11 is 0. The third-order valence-electron chi connectivity index (χ3n) is 6.61. The van der Waals surface area contributed by atoms with Crippen LogP contribution < -0.4 is 10.4 Å². The van der Waals surface area contributed by atoms with Crippen molar-refractivity contribution in [3.63, 3.8) is 0 Å². The molecular weight excluding hydrogens is 444 g/mol. The third kappa shape index (κ3) is 5.71. The molecule has 8 heteroatoms. The highest BCUT2D eigenvalue weighted by atomic mass is 16.5. The smallest absolute Gasteiger partial charge is 0.345 e. The molecule has 1 aliphatic rings. The average Bonchev–Trinajstić information content (AvgIpc) is 3.35. The fourth-order valence-corrected chi connectivity index (χ4v) is 4.55. The normalized spacial score (nSPS) is 15.5. The number of carbonyl (C=O) groups is 1. The van der Waals surface area contributed by atoms with Crippen LogP contribution in [0, 0.1) is 6.92 Å². The van der Waals surface area contributed by atoms with Gasteiger partial charge in [-0.05, 0) is 86.1 Å². The van der Waals surface area contributed by atoms with Gasteiger partial charge >= 0.3 is 5.69 Å². The van der Waals surface area contributed by atoms with Crippen LogP contribution in [0.2, 0.25) is 0 Å². The summed E-state index contributed by atoms with van der Waals surface area (Å²) in [7, 11) is 0. The number of carbonyl (C=O) groups excluding carboxylic acids is 1. The van der Waals surface area contributed by atoms with E-state index in [9.17, 15) is 14.7 Å². The lowest BCUT2D eigenvalue weighted by Crippen LogP contribution is -2.39. The molecule has 2 N–H and O–H groups in total. The zero-order chi connectivity index (χ0) is 24.9. The summed E-state index contributed by atoms with van der Waals surface area (Å²) in [5.74, 6) is 0.782. The number of amides is 1. The molecule has 0 saturated carbocycles. The summed E-state index contributed by atoms with van der Waals surface area (Å²) in [6.07, 6.45) is 0.998. The van der Waals surface area contributed by atoms with Crippen molar-refractivity contribution in [1.29, 1.82) is 0 Å². The highest BCUT2D eigenvalue weighted by molar-refractivity contribution is 5.78. The Balaban J connectivity index is 1.40. The molecule has 2 heterocycles. The Morgan fingerprint density at radius 3 is 2.54 bits per heavy atom. The number of likely N-dealkylation sites (tertiary alicyclic amines) is 1. The number of benzene rings is 2. The van der Waals surface area contributed by atoms with E-state index in [1.807, 2.05) is 17.0 Å². The summed E-state index contributed by atoms with van der Waals surface area (Å²) in [5.41, 5.74) is 2.93. The molecule has 0 spiro atoms. The maximum atomic E-state index is 12.6. The van der Waals surface area contributed by atoms with E-state index in [0.29, 0.717) is 28.7 Å². The van der Waals surface area contributed by atoms with Crippen LogP contribution in [0.4, 0.5) is 0 Å². The summed E-state index contributed by atoms with van der Waals surface area (Å²) in [4.78, 5) is 35.9. The molecule has 4 rings (SSSR count). The van der Waals surface area contributed by atoms with Gasteiger partial charge in [-0.25, -0.2) is 4.79 Å². The monoisotopic (exact) mass is 476 g/mol. The highest BCUT2D eigenvalue weighted by Crippen LogP contribution is 2.27. The van der Waals surface area contributed by atoms with Crippen LogP contribution in [0.15, 0.2) is 53.3 Å². The van der Waals surface area contributed by atoms with Gasteiger partial charge in [0.25, 0.3) is 5.91 Å². The molecule has 1 unspecified atom stereocenters. The Labute approximate surface area is 205 Å². The van der Waals surface area contributed by atoms with Crippen molar-refractivity contribution in [3.8, 4) is 34.0 Å². The lowest BCUT2D eigenvalue weighted by molar-refractivity contribution is -0.132. The second kappa shape index (κ2) is 10.7. The van der Waals surface area contributed by atoms with Gasteiger partial charge in [0.15, 0.2) is 6.61 Å². The molecular formula is C27H32N4O4. The molecule has 184 valence electrons. The largest absolute Gasteiger partial charge is 0.508 e. The van der Waals surface area contributed by atoms with E-state index in [2.05, 4.69) is 28.7 Å². The second-order valence-corrected chi connectivity index (χ2v) is 8.80. The zero-order valence-corrected chi connectivity index (χ0v) is 20.5. The first kappa shape index (κ1) is 24.5. The molecule has 8 nitrogen and oxygen atoms in total. The number of aromatic hydroxyl groups is 1. The fraction of sp³-hybridized carbons (Fsp3) is 0.370. The van der Waals surface area contributed by atoms with Crippen molar-refractivity contribution in [2.75, 3.05) is 32.8 Å². The number of hydrogen-bond acceptors (Lipinski definition) is 6. The topological polar surface area (TPSA) is 98.8 Å². The van der Waals surface area contributed by atoms with Gasteiger partial charge in [-0.15, -0.1) is 0 Å². The molecule has 1 atom stereocenters. The summed E-state index contributed by atoms with van der Waals surface area (Å²) in [6, 6.07) is 14.6. The number of aromatic amines is 1. The van der Waals surface area contributed by atoms with Crippen LogP contribution in [0.1, 0.15) is 25.8 Å². The number of phenolic OH excluding ortho intramolecular Hbond substituents is 1. The fourth-order valence-electron chi connectivity index (χ4n) is 4.55. The number of aryl methyl sites for hydroxylation is 1. The average molecular weight is 477 g/mol. The van der Waals surface area contributed by atoms with E-state index in [1.54, 1.807) is 43.3 Å². The molecule has 1 amide bonds. The minimum Gasteiger partial charge on any atom is -0.508 e. The van der Waals surface area contributed by atoms with E-state index < -0.39 is 5.69 Å². The van der Waals surface area contributed by atoms with E-state index in [-0.39, 0.29) is 18.3 Å². The summed E-state index contributed by atoms with van der Waals surface area (Å²) in [5, 5.41) is 9.77.